The molecule has 2 saturated heterocycles. The highest BCUT2D eigenvalue weighted by Gasteiger charge is 2.34. The monoisotopic (exact) mass is 486 g/mol. The van der Waals surface area contributed by atoms with Gasteiger partial charge in [0.15, 0.2) is 0 Å². The fourth-order valence-electron chi connectivity index (χ4n) is 4.42. The largest absolute Gasteiger partial charge is 0.417 e. The van der Waals surface area contributed by atoms with E-state index in [1.54, 1.807) is 11.0 Å². The second-order valence-corrected chi connectivity index (χ2v) is 8.52. The van der Waals surface area contributed by atoms with Crippen molar-refractivity contribution in [2.24, 2.45) is 5.92 Å². The summed E-state index contributed by atoms with van der Waals surface area (Å²) in [6.45, 7) is 2.77. The van der Waals surface area contributed by atoms with Gasteiger partial charge in [0.1, 0.15) is 5.82 Å². The molecule has 4 rings (SSSR count). The smallest absolute Gasteiger partial charge is 0.368 e. The lowest BCUT2D eigenvalue weighted by molar-refractivity contribution is -0.138. The van der Waals surface area contributed by atoms with Crippen molar-refractivity contribution in [1.29, 1.82) is 0 Å². The highest BCUT2D eigenvalue weighted by atomic mass is 19.4. The van der Waals surface area contributed by atoms with Gasteiger partial charge in [-0.1, -0.05) is 6.07 Å². The molecule has 2 aromatic rings. The average molecular weight is 486 g/mol. The number of alkyl halides is 6. The Balaban J connectivity index is 1.28. The summed E-state index contributed by atoms with van der Waals surface area (Å²) in [5.41, 5.74) is -1.01. The molecule has 0 N–H and O–H groups in total. The number of hydrogen-bond acceptors (Lipinski definition) is 4. The van der Waals surface area contributed by atoms with Crippen LogP contribution in [0.3, 0.4) is 0 Å². The molecule has 184 valence electrons. The van der Waals surface area contributed by atoms with E-state index in [-0.39, 0.29) is 11.8 Å². The van der Waals surface area contributed by atoms with Crippen LogP contribution in [0.4, 0.5) is 37.8 Å². The first kappa shape index (κ1) is 24.2. The van der Waals surface area contributed by atoms with E-state index in [4.69, 9.17) is 0 Å². The van der Waals surface area contributed by atoms with Crippen molar-refractivity contribution in [1.82, 2.24) is 9.88 Å². The first-order chi connectivity index (χ1) is 16.0. The number of halogens is 6. The fourth-order valence-corrected chi connectivity index (χ4v) is 4.42. The third kappa shape index (κ3) is 5.39. The van der Waals surface area contributed by atoms with Gasteiger partial charge in [0, 0.05) is 57.1 Å². The summed E-state index contributed by atoms with van der Waals surface area (Å²) in [5.74, 6) is 0.281. The van der Waals surface area contributed by atoms with Crippen LogP contribution in [0.1, 0.15) is 24.0 Å². The number of carbonyl (C=O) groups excluding carboxylic acids is 1. The molecule has 5 nitrogen and oxygen atoms in total. The van der Waals surface area contributed by atoms with Crippen molar-refractivity contribution in [3.63, 3.8) is 0 Å². The average Bonchev–Trinajstić information content (AvgIpc) is 2.83. The van der Waals surface area contributed by atoms with Gasteiger partial charge in [-0.05, 0) is 43.2 Å². The number of hydrogen-bond donors (Lipinski definition) is 0. The van der Waals surface area contributed by atoms with Gasteiger partial charge in [-0.15, -0.1) is 0 Å². The van der Waals surface area contributed by atoms with Crippen LogP contribution in [0.5, 0.6) is 0 Å². The molecular formula is C23H24F6N4O. The van der Waals surface area contributed by atoms with Crippen molar-refractivity contribution in [3.8, 4) is 0 Å². The number of piperazine rings is 1. The van der Waals surface area contributed by atoms with Crippen LogP contribution in [-0.2, 0) is 17.1 Å². The van der Waals surface area contributed by atoms with Crippen molar-refractivity contribution in [3.05, 3.63) is 53.7 Å². The molecule has 0 unspecified atom stereocenters. The van der Waals surface area contributed by atoms with Gasteiger partial charge < -0.3 is 14.7 Å². The number of amides is 1. The third-order valence-electron chi connectivity index (χ3n) is 6.37. The molecule has 0 spiro atoms. The molecular weight excluding hydrogens is 462 g/mol. The normalized spacial score (nSPS) is 18.4. The van der Waals surface area contributed by atoms with Crippen LogP contribution in [0.25, 0.3) is 0 Å². The molecule has 2 aliphatic heterocycles. The second kappa shape index (κ2) is 9.34. The number of pyridine rings is 1. The van der Waals surface area contributed by atoms with E-state index >= 15 is 0 Å². The zero-order valence-electron chi connectivity index (χ0n) is 18.2. The number of aromatic nitrogens is 1. The van der Waals surface area contributed by atoms with Gasteiger partial charge in [-0.3, -0.25) is 4.79 Å². The van der Waals surface area contributed by atoms with Crippen LogP contribution in [0.2, 0.25) is 0 Å². The number of anilines is 2. The number of rotatable bonds is 3. The summed E-state index contributed by atoms with van der Waals surface area (Å²) >= 11 is 0. The van der Waals surface area contributed by atoms with Crippen LogP contribution in [0.15, 0.2) is 42.6 Å². The predicted molar refractivity (Wildman–Crippen MR) is 114 cm³/mol. The topological polar surface area (TPSA) is 39.7 Å². The maximum absolute atomic E-state index is 13.0. The van der Waals surface area contributed by atoms with E-state index in [2.05, 4.69) is 4.98 Å². The summed E-state index contributed by atoms with van der Waals surface area (Å²) < 4.78 is 77.1. The molecule has 11 heteroatoms. The van der Waals surface area contributed by atoms with Crippen LogP contribution >= 0.6 is 0 Å². The van der Waals surface area contributed by atoms with Gasteiger partial charge in [-0.2, -0.15) is 26.3 Å². The number of carbonyl (C=O) groups is 1. The van der Waals surface area contributed by atoms with E-state index in [9.17, 15) is 31.1 Å². The summed E-state index contributed by atoms with van der Waals surface area (Å²) in [7, 11) is 0. The Morgan fingerprint density at radius 2 is 1.44 bits per heavy atom. The minimum atomic E-state index is -4.43. The third-order valence-corrected chi connectivity index (χ3v) is 6.37. The molecule has 34 heavy (non-hydrogen) atoms. The Morgan fingerprint density at radius 1 is 0.794 bits per heavy atom. The molecule has 0 saturated carbocycles. The van der Waals surface area contributed by atoms with Crippen LogP contribution in [0, 0.1) is 5.92 Å². The number of nitrogens with zero attached hydrogens (tertiary/aromatic N) is 4. The van der Waals surface area contributed by atoms with Crippen molar-refractivity contribution >= 4 is 17.4 Å². The van der Waals surface area contributed by atoms with E-state index in [0.717, 1.165) is 24.4 Å². The summed E-state index contributed by atoms with van der Waals surface area (Å²) in [4.78, 5) is 22.4. The van der Waals surface area contributed by atoms with Crippen LogP contribution < -0.4 is 9.80 Å². The standard InChI is InChI=1S/C23H24F6N4O/c24-22(25,26)17-2-1-3-19(14-17)31-10-12-33(13-11-31)21(34)16-6-8-32(9-7-16)20-5-4-18(15-30-20)23(27,28)29/h1-5,14-16H,6-13H2. The molecule has 0 atom stereocenters. The number of piperidine rings is 1. The molecule has 1 amide bonds. The van der Waals surface area contributed by atoms with Crippen LogP contribution in [-0.4, -0.2) is 55.1 Å². The maximum atomic E-state index is 13.0. The van der Waals surface area contributed by atoms with Gasteiger partial charge in [-0.25, -0.2) is 4.98 Å². The highest BCUT2D eigenvalue weighted by molar-refractivity contribution is 5.79. The Bertz CT molecular complexity index is 992. The molecule has 2 fully saturated rings. The van der Waals surface area contributed by atoms with Gasteiger partial charge in [0.2, 0.25) is 5.91 Å². The Kier molecular flexibility index (Phi) is 6.64. The SMILES string of the molecule is O=C(C1CCN(c2ccc(C(F)(F)F)cn2)CC1)N1CCN(c2cccc(C(F)(F)F)c2)CC1. The van der Waals surface area contributed by atoms with E-state index in [0.29, 0.717) is 63.6 Å². The lowest BCUT2D eigenvalue weighted by atomic mass is 9.95. The molecule has 3 heterocycles. The van der Waals surface area contributed by atoms with Crippen molar-refractivity contribution < 1.29 is 31.1 Å². The minimum absolute atomic E-state index is 0.0173. The summed E-state index contributed by atoms with van der Waals surface area (Å²) in [6, 6.07) is 7.53. The van der Waals surface area contributed by atoms with Crippen molar-refractivity contribution in [2.75, 3.05) is 49.1 Å². The Labute approximate surface area is 193 Å². The summed E-state index contributed by atoms with van der Waals surface area (Å²) in [6.07, 6.45) is -6.89. The van der Waals surface area contributed by atoms with Crippen molar-refractivity contribution in [2.45, 2.75) is 25.2 Å². The zero-order valence-corrected chi connectivity index (χ0v) is 18.2. The molecule has 0 bridgehead atoms. The quantitative estimate of drug-likeness (QED) is 0.591. The van der Waals surface area contributed by atoms with E-state index < -0.39 is 23.5 Å². The minimum Gasteiger partial charge on any atom is -0.368 e. The van der Waals surface area contributed by atoms with Gasteiger partial charge in [0.25, 0.3) is 0 Å². The molecule has 0 aliphatic carbocycles. The Morgan fingerprint density at radius 3 is 2.00 bits per heavy atom. The molecule has 1 aromatic heterocycles. The predicted octanol–water partition coefficient (Wildman–Crippen LogP) is 4.68. The lowest BCUT2D eigenvalue weighted by Crippen LogP contribution is -2.51. The second-order valence-electron chi connectivity index (χ2n) is 8.52. The highest BCUT2D eigenvalue weighted by Crippen LogP contribution is 2.33. The fraction of sp³-hybridized carbons (Fsp3) is 0.478. The van der Waals surface area contributed by atoms with E-state index in [1.807, 2.05) is 9.80 Å². The molecule has 2 aliphatic rings. The van der Waals surface area contributed by atoms with Gasteiger partial charge >= 0.3 is 12.4 Å². The number of benzene rings is 1. The maximum Gasteiger partial charge on any atom is 0.417 e. The zero-order chi connectivity index (χ0) is 24.5. The molecule has 0 radical (unpaired) electrons. The van der Waals surface area contributed by atoms with Gasteiger partial charge in [0.05, 0.1) is 11.1 Å². The Hall–Kier alpha value is -2.98. The molecule has 1 aromatic carbocycles. The first-order valence-corrected chi connectivity index (χ1v) is 11.0. The summed E-state index contributed by atoms with van der Waals surface area (Å²) in [5, 5.41) is 0. The van der Waals surface area contributed by atoms with E-state index in [1.165, 1.54) is 12.1 Å². The lowest BCUT2D eigenvalue weighted by Gasteiger charge is -2.39. The first-order valence-electron chi connectivity index (χ1n) is 11.0.